The number of rotatable bonds is 3. The molecule has 0 saturated carbocycles. The second-order valence-corrected chi connectivity index (χ2v) is 4.29. The molecule has 0 aliphatic carbocycles. The smallest absolute Gasteiger partial charge is 0.138 e. The molecule has 0 aliphatic rings. The Balaban J connectivity index is 3.00. The van der Waals surface area contributed by atoms with E-state index >= 15 is 0 Å². The number of benzene rings is 1. The van der Waals surface area contributed by atoms with E-state index in [9.17, 15) is 9.50 Å². The Morgan fingerprint density at radius 1 is 1.39 bits per heavy atom. The number of hydrogen-bond donors (Lipinski definition) is 1. The maximum absolute atomic E-state index is 13.3. The van der Waals surface area contributed by atoms with Gasteiger partial charge in [0.05, 0.1) is 5.56 Å². The van der Waals surface area contributed by atoms with Crippen molar-refractivity contribution in [2.75, 3.05) is 0 Å². The van der Waals surface area contributed by atoms with Crippen LogP contribution in [0.2, 0.25) is 0 Å². The number of aliphatic hydroxyl groups excluding tert-OH is 1. The fourth-order valence-electron chi connectivity index (χ4n) is 1.37. The molecule has 0 aliphatic heterocycles. The summed E-state index contributed by atoms with van der Waals surface area (Å²) in [6, 6.07) is 4.58. The second kappa shape index (κ2) is 6.66. The molecular formula is C16H17FO. The molecule has 0 amide bonds. The highest BCUT2D eigenvalue weighted by molar-refractivity contribution is 5.56. The van der Waals surface area contributed by atoms with Crippen LogP contribution in [0.4, 0.5) is 4.39 Å². The van der Waals surface area contributed by atoms with Gasteiger partial charge in [-0.3, -0.25) is 0 Å². The van der Waals surface area contributed by atoms with E-state index in [1.54, 1.807) is 31.2 Å². The molecule has 2 heteroatoms. The predicted octanol–water partition coefficient (Wildman–Crippen LogP) is 4.31. The van der Waals surface area contributed by atoms with E-state index in [2.05, 4.69) is 11.8 Å². The topological polar surface area (TPSA) is 20.2 Å². The third kappa shape index (κ3) is 4.47. The van der Waals surface area contributed by atoms with E-state index in [1.165, 1.54) is 6.07 Å². The molecule has 1 N–H and O–H groups in total. The van der Waals surface area contributed by atoms with Gasteiger partial charge in [0.2, 0.25) is 0 Å². The second-order valence-electron chi connectivity index (χ2n) is 4.29. The van der Waals surface area contributed by atoms with E-state index < -0.39 is 0 Å². The monoisotopic (exact) mass is 244 g/mol. The Hall–Kier alpha value is -2.01. The zero-order valence-electron chi connectivity index (χ0n) is 10.9. The SMILES string of the molecule is CC#Cc1cc(/C=C(O)\C=C\C(C)C)ccc1F. The molecule has 0 unspecified atom stereocenters. The Kier molecular flexibility index (Phi) is 5.20. The van der Waals surface area contributed by atoms with Crippen LogP contribution in [0, 0.1) is 23.6 Å². The molecule has 1 rings (SSSR count). The Labute approximate surface area is 108 Å². The fraction of sp³-hybridized carbons (Fsp3) is 0.250. The summed E-state index contributed by atoms with van der Waals surface area (Å²) in [5.74, 6) is 5.51. The molecule has 0 heterocycles. The lowest BCUT2D eigenvalue weighted by molar-refractivity contribution is 0.437. The van der Waals surface area contributed by atoms with Crippen molar-refractivity contribution in [1.82, 2.24) is 0 Å². The van der Waals surface area contributed by atoms with Gasteiger partial charge >= 0.3 is 0 Å². The zero-order valence-corrected chi connectivity index (χ0v) is 10.9. The normalized spacial score (nSPS) is 11.7. The molecule has 0 fully saturated rings. The van der Waals surface area contributed by atoms with Gasteiger partial charge in [0.1, 0.15) is 11.6 Å². The summed E-state index contributed by atoms with van der Waals surface area (Å²) in [4.78, 5) is 0. The fourth-order valence-corrected chi connectivity index (χ4v) is 1.37. The van der Waals surface area contributed by atoms with Gasteiger partial charge in [-0.05, 0) is 42.7 Å². The van der Waals surface area contributed by atoms with Gasteiger partial charge in [-0.25, -0.2) is 4.39 Å². The maximum atomic E-state index is 13.3. The number of hydrogen-bond acceptors (Lipinski definition) is 1. The Morgan fingerprint density at radius 3 is 2.72 bits per heavy atom. The van der Waals surface area contributed by atoms with Crippen LogP contribution in [0.15, 0.2) is 36.1 Å². The van der Waals surface area contributed by atoms with Crippen LogP contribution in [0.5, 0.6) is 0 Å². The minimum absolute atomic E-state index is 0.144. The molecule has 0 bridgehead atoms. The van der Waals surface area contributed by atoms with Crippen LogP contribution in [0.1, 0.15) is 31.9 Å². The number of allylic oxidation sites excluding steroid dienone is 2. The third-order valence-electron chi connectivity index (χ3n) is 2.22. The van der Waals surface area contributed by atoms with Gasteiger partial charge in [-0.2, -0.15) is 0 Å². The molecule has 1 nitrogen and oxygen atoms in total. The summed E-state index contributed by atoms with van der Waals surface area (Å²) < 4.78 is 13.3. The molecule has 0 atom stereocenters. The van der Waals surface area contributed by atoms with Gasteiger partial charge in [0.25, 0.3) is 0 Å². The van der Waals surface area contributed by atoms with Crippen LogP contribution < -0.4 is 0 Å². The largest absolute Gasteiger partial charge is 0.508 e. The molecule has 1 aromatic carbocycles. The summed E-state index contributed by atoms with van der Waals surface area (Å²) in [6.45, 7) is 5.71. The van der Waals surface area contributed by atoms with Gasteiger partial charge in [-0.15, -0.1) is 5.92 Å². The van der Waals surface area contributed by atoms with Crippen molar-refractivity contribution >= 4 is 6.08 Å². The average molecular weight is 244 g/mol. The maximum Gasteiger partial charge on any atom is 0.138 e. The van der Waals surface area contributed by atoms with Gasteiger partial charge in [-0.1, -0.05) is 31.9 Å². The first-order valence-corrected chi connectivity index (χ1v) is 5.84. The summed E-state index contributed by atoms with van der Waals surface area (Å²) >= 11 is 0. The van der Waals surface area contributed by atoms with E-state index in [-0.39, 0.29) is 11.6 Å². The van der Waals surface area contributed by atoms with Crippen molar-refractivity contribution in [2.45, 2.75) is 20.8 Å². The van der Waals surface area contributed by atoms with Crippen molar-refractivity contribution in [3.8, 4) is 11.8 Å². The quantitative estimate of drug-likeness (QED) is 0.477. The highest BCUT2D eigenvalue weighted by atomic mass is 19.1. The van der Waals surface area contributed by atoms with E-state index in [0.29, 0.717) is 11.5 Å². The highest BCUT2D eigenvalue weighted by Gasteiger charge is 2.00. The molecule has 94 valence electrons. The van der Waals surface area contributed by atoms with E-state index in [1.807, 2.05) is 19.9 Å². The molecule has 1 aromatic rings. The Morgan fingerprint density at radius 2 is 2.11 bits per heavy atom. The summed E-state index contributed by atoms with van der Waals surface area (Å²) in [7, 11) is 0. The van der Waals surface area contributed by atoms with Gasteiger partial charge in [0.15, 0.2) is 0 Å². The lowest BCUT2D eigenvalue weighted by Gasteiger charge is -1.99. The standard InChI is InChI=1S/C16H17FO/c1-4-5-14-10-13(7-9-16(14)17)11-15(18)8-6-12(2)3/h6-12,18H,1-3H3/b8-6+,15-11+. The first kappa shape index (κ1) is 14.1. The van der Waals surface area contributed by atoms with Crippen molar-refractivity contribution in [3.05, 3.63) is 53.1 Å². The van der Waals surface area contributed by atoms with Crippen molar-refractivity contribution in [1.29, 1.82) is 0 Å². The first-order chi connectivity index (χ1) is 8.52. The summed E-state index contributed by atoms with van der Waals surface area (Å²) in [5, 5.41) is 9.69. The number of halogens is 1. The summed E-state index contributed by atoms with van der Waals surface area (Å²) in [5.41, 5.74) is 1.06. The average Bonchev–Trinajstić information content (AvgIpc) is 2.31. The zero-order chi connectivity index (χ0) is 13.5. The third-order valence-corrected chi connectivity index (χ3v) is 2.22. The summed E-state index contributed by atoms with van der Waals surface area (Å²) in [6.07, 6.45) is 5.11. The van der Waals surface area contributed by atoms with E-state index in [0.717, 1.165) is 5.56 Å². The van der Waals surface area contributed by atoms with Crippen molar-refractivity contribution in [2.24, 2.45) is 5.92 Å². The van der Waals surface area contributed by atoms with Crippen LogP contribution >= 0.6 is 0 Å². The lowest BCUT2D eigenvalue weighted by atomic mass is 10.1. The van der Waals surface area contributed by atoms with Crippen LogP contribution in [-0.4, -0.2) is 5.11 Å². The molecule has 0 radical (unpaired) electrons. The van der Waals surface area contributed by atoms with Crippen LogP contribution in [0.25, 0.3) is 6.08 Å². The molecule has 0 aromatic heterocycles. The Bertz CT molecular complexity index is 528. The minimum atomic E-state index is -0.348. The number of aliphatic hydroxyl groups is 1. The van der Waals surface area contributed by atoms with Gasteiger partial charge < -0.3 is 5.11 Å². The minimum Gasteiger partial charge on any atom is -0.508 e. The van der Waals surface area contributed by atoms with E-state index in [4.69, 9.17) is 0 Å². The van der Waals surface area contributed by atoms with Crippen molar-refractivity contribution in [3.63, 3.8) is 0 Å². The molecular weight excluding hydrogens is 227 g/mol. The van der Waals surface area contributed by atoms with Crippen LogP contribution in [-0.2, 0) is 0 Å². The van der Waals surface area contributed by atoms with Crippen LogP contribution in [0.3, 0.4) is 0 Å². The highest BCUT2D eigenvalue weighted by Crippen LogP contribution is 2.13. The lowest BCUT2D eigenvalue weighted by Crippen LogP contribution is -1.86. The molecule has 0 saturated heterocycles. The van der Waals surface area contributed by atoms with Crippen molar-refractivity contribution < 1.29 is 9.50 Å². The first-order valence-electron chi connectivity index (χ1n) is 5.84. The molecule has 0 spiro atoms. The predicted molar refractivity (Wildman–Crippen MR) is 73.5 cm³/mol. The van der Waals surface area contributed by atoms with Gasteiger partial charge in [0, 0.05) is 0 Å². The molecule has 18 heavy (non-hydrogen) atoms.